The van der Waals surface area contributed by atoms with Crippen LogP contribution in [0, 0.1) is 11.8 Å². The summed E-state index contributed by atoms with van der Waals surface area (Å²) in [6, 6.07) is 80.9. The van der Waals surface area contributed by atoms with E-state index in [9.17, 15) is 0 Å². The van der Waals surface area contributed by atoms with E-state index in [0.29, 0.717) is 0 Å². The predicted octanol–water partition coefficient (Wildman–Crippen LogP) is 13.7. The number of hydrogen-bond donors (Lipinski definition) is 0. The molecule has 4 atom stereocenters. The second kappa shape index (κ2) is 13.4. The zero-order valence-corrected chi connectivity index (χ0v) is 31.6. The first-order chi connectivity index (χ1) is 28.3. The summed E-state index contributed by atoms with van der Waals surface area (Å²) in [5, 5.41) is 0. The molecule has 0 radical (unpaired) electrons. The lowest BCUT2D eigenvalue weighted by atomic mass is 9.45. The summed E-state index contributed by atoms with van der Waals surface area (Å²) in [6.07, 6.45) is 7.26. The quantitative estimate of drug-likeness (QED) is 0.158. The third kappa shape index (κ3) is 4.89. The fourth-order valence-corrected chi connectivity index (χ4v) is 10.8. The molecule has 1 heteroatoms. The van der Waals surface area contributed by atoms with Gasteiger partial charge in [0, 0.05) is 28.9 Å². The monoisotopic (exact) mass is 727 g/mol. The molecule has 0 N–H and O–H groups in total. The van der Waals surface area contributed by atoms with E-state index in [2.05, 4.69) is 242 Å². The van der Waals surface area contributed by atoms with Crippen molar-refractivity contribution in [1.29, 1.82) is 0 Å². The van der Waals surface area contributed by atoms with Crippen molar-refractivity contribution in [3.8, 4) is 11.1 Å². The Balaban J connectivity index is 1.08. The average Bonchev–Trinajstić information content (AvgIpc) is 3.61. The molecule has 0 heterocycles. The van der Waals surface area contributed by atoms with Gasteiger partial charge in [-0.2, -0.15) is 0 Å². The van der Waals surface area contributed by atoms with Crippen molar-refractivity contribution in [2.24, 2.45) is 11.8 Å². The van der Waals surface area contributed by atoms with E-state index >= 15 is 0 Å². The van der Waals surface area contributed by atoms with Crippen LogP contribution in [0.1, 0.15) is 38.9 Å². The van der Waals surface area contributed by atoms with Gasteiger partial charge in [0.15, 0.2) is 0 Å². The average molecular weight is 728 g/mol. The number of allylic oxidation sites excluding steroid dienone is 4. The Kier molecular flexibility index (Phi) is 7.82. The Labute approximate surface area is 335 Å². The van der Waals surface area contributed by atoms with Crippen molar-refractivity contribution >= 4 is 22.6 Å². The maximum Gasteiger partial charge on any atom is 0.0535 e. The molecule has 0 bridgehead atoms. The Morgan fingerprint density at radius 3 is 1.35 bits per heavy atom. The normalized spacial score (nSPS) is 21.2. The van der Waals surface area contributed by atoms with Gasteiger partial charge in [0.05, 0.1) is 10.8 Å². The molecule has 11 rings (SSSR count). The summed E-state index contributed by atoms with van der Waals surface area (Å²) in [5.74, 6) is 0.344. The van der Waals surface area contributed by atoms with E-state index in [0.717, 1.165) is 17.1 Å². The van der Waals surface area contributed by atoms with E-state index in [4.69, 9.17) is 0 Å². The summed E-state index contributed by atoms with van der Waals surface area (Å²) < 4.78 is 0. The summed E-state index contributed by atoms with van der Waals surface area (Å²) >= 11 is 0. The summed E-state index contributed by atoms with van der Waals surface area (Å²) in [5.41, 5.74) is 16.0. The minimum absolute atomic E-state index is 0.148. The van der Waals surface area contributed by atoms with Crippen LogP contribution in [0.3, 0.4) is 0 Å². The molecular formula is C56H41N. The van der Waals surface area contributed by atoms with Crippen LogP contribution in [-0.2, 0) is 10.8 Å². The number of fused-ring (bicyclic) bond motifs is 5. The molecule has 0 fully saturated rings. The summed E-state index contributed by atoms with van der Waals surface area (Å²) in [7, 11) is 0. The van der Waals surface area contributed by atoms with E-state index in [1.54, 1.807) is 0 Å². The molecule has 0 amide bonds. The predicted molar refractivity (Wildman–Crippen MR) is 236 cm³/mol. The Morgan fingerprint density at radius 1 is 0.351 bits per heavy atom. The fourth-order valence-electron chi connectivity index (χ4n) is 10.8. The van der Waals surface area contributed by atoms with Crippen LogP contribution >= 0.6 is 0 Å². The van der Waals surface area contributed by atoms with Crippen molar-refractivity contribution in [3.05, 3.63) is 276 Å². The number of para-hydroxylation sites is 2. The van der Waals surface area contributed by atoms with Gasteiger partial charge in [0.1, 0.15) is 0 Å². The zero-order chi connectivity index (χ0) is 37.8. The maximum atomic E-state index is 2.53. The van der Waals surface area contributed by atoms with Crippen LogP contribution in [0.4, 0.5) is 17.1 Å². The number of rotatable bonds is 7. The van der Waals surface area contributed by atoms with Crippen LogP contribution < -0.4 is 4.90 Å². The third-order valence-electron chi connectivity index (χ3n) is 13.0. The van der Waals surface area contributed by atoms with Crippen molar-refractivity contribution in [2.75, 3.05) is 4.90 Å². The van der Waals surface area contributed by atoms with Crippen molar-refractivity contribution in [1.82, 2.24) is 0 Å². The van der Waals surface area contributed by atoms with Gasteiger partial charge < -0.3 is 4.90 Å². The minimum atomic E-state index is -0.437. The Bertz CT molecular complexity index is 2730. The van der Waals surface area contributed by atoms with E-state index < -0.39 is 5.41 Å². The third-order valence-corrected chi connectivity index (χ3v) is 13.0. The molecule has 8 aromatic rings. The first-order valence-corrected chi connectivity index (χ1v) is 20.1. The summed E-state index contributed by atoms with van der Waals surface area (Å²) in [4.78, 5) is 2.31. The van der Waals surface area contributed by atoms with Gasteiger partial charge in [-0.05, 0) is 92.0 Å². The molecule has 0 aliphatic heterocycles. The van der Waals surface area contributed by atoms with Gasteiger partial charge in [-0.25, -0.2) is 0 Å². The highest BCUT2D eigenvalue weighted by Crippen LogP contribution is 2.70. The molecular weight excluding hydrogens is 687 g/mol. The van der Waals surface area contributed by atoms with E-state index in [-0.39, 0.29) is 17.3 Å². The number of nitrogens with zero attached hydrogens (tertiary/aromatic N) is 1. The Hall–Kier alpha value is -6.96. The first-order valence-electron chi connectivity index (χ1n) is 20.1. The van der Waals surface area contributed by atoms with Crippen molar-refractivity contribution in [3.63, 3.8) is 0 Å². The standard InChI is InChI=1S/C56H41N/c1-5-18-42(19-6-1)55(44-36-32-40(33-37-44)41-34-38-47(39-35-41)57(45-22-9-3-10-23-45)46-24-11-4-12-25-46)51-29-15-16-30-52(51)56(43-20-7-2-8-21-43)50-28-14-13-26-48(50)49-27-17-31-53(55)54(49)56/h1-39,53-54H. The van der Waals surface area contributed by atoms with Crippen LogP contribution in [0.2, 0.25) is 0 Å². The smallest absolute Gasteiger partial charge is 0.0535 e. The van der Waals surface area contributed by atoms with Crippen LogP contribution in [-0.4, -0.2) is 0 Å². The van der Waals surface area contributed by atoms with Gasteiger partial charge >= 0.3 is 0 Å². The fraction of sp³-hybridized carbons (Fsp3) is 0.0714. The van der Waals surface area contributed by atoms with Crippen LogP contribution in [0.15, 0.2) is 237 Å². The lowest BCUT2D eigenvalue weighted by Gasteiger charge is -2.56. The van der Waals surface area contributed by atoms with Crippen molar-refractivity contribution in [2.45, 2.75) is 10.8 Å². The van der Waals surface area contributed by atoms with Gasteiger partial charge in [0.25, 0.3) is 0 Å². The highest BCUT2D eigenvalue weighted by atomic mass is 15.1. The number of hydrogen-bond acceptors (Lipinski definition) is 1. The zero-order valence-electron chi connectivity index (χ0n) is 31.6. The van der Waals surface area contributed by atoms with Gasteiger partial charge in [-0.1, -0.05) is 200 Å². The molecule has 0 saturated heterocycles. The summed E-state index contributed by atoms with van der Waals surface area (Å²) in [6.45, 7) is 0. The van der Waals surface area contributed by atoms with E-state index in [1.807, 2.05) is 0 Å². The topological polar surface area (TPSA) is 3.24 Å². The first kappa shape index (κ1) is 33.4. The number of benzene rings is 8. The lowest BCUT2D eigenvalue weighted by Crippen LogP contribution is -2.54. The molecule has 270 valence electrons. The van der Waals surface area contributed by atoms with Gasteiger partial charge in [-0.3, -0.25) is 0 Å². The van der Waals surface area contributed by atoms with Crippen molar-refractivity contribution < 1.29 is 0 Å². The molecule has 57 heavy (non-hydrogen) atoms. The van der Waals surface area contributed by atoms with E-state index in [1.165, 1.54) is 55.6 Å². The van der Waals surface area contributed by atoms with Gasteiger partial charge in [0.2, 0.25) is 0 Å². The molecule has 4 unspecified atom stereocenters. The van der Waals surface area contributed by atoms with Crippen LogP contribution in [0.25, 0.3) is 16.7 Å². The molecule has 1 nitrogen and oxygen atoms in total. The SMILES string of the molecule is C1=CC2C3C(=C1)c1ccccc1C3(c1ccccc1)c1ccccc1C2(c1ccccc1)c1ccc(-c2ccc(N(c3ccccc3)c3ccccc3)cc2)cc1. The molecule has 3 aliphatic rings. The molecule has 0 saturated carbocycles. The second-order valence-corrected chi connectivity index (χ2v) is 15.6. The molecule has 0 spiro atoms. The minimum Gasteiger partial charge on any atom is -0.311 e. The maximum absolute atomic E-state index is 2.53. The van der Waals surface area contributed by atoms with Gasteiger partial charge in [-0.15, -0.1) is 0 Å². The van der Waals surface area contributed by atoms with Crippen LogP contribution in [0.5, 0.6) is 0 Å². The number of anilines is 3. The molecule has 8 aromatic carbocycles. The highest BCUT2D eigenvalue weighted by Gasteiger charge is 2.64. The lowest BCUT2D eigenvalue weighted by molar-refractivity contribution is 0.266. The second-order valence-electron chi connectivity index (χ2n) is 15.6. The Morgan fingerprint density at radius 2 is 0.772 bits per heavy atom. The molecule has 0 aromatic heterocycles. The molecule has 3 aliphatic carbocycles. The largest absolute Gasteiger partial charge is 0.311 e. The highest BCUT2D eigenvalue weighted by molar-refractivity contribution is 5.87.